The molecule has 0 bridgehead atoms. The molecule has 1 heterocycles. The molecule has 1 aromatic carbocycles. The molecule has 2 rings (SSSR count). The average Bonchev–Trinajstić information content (AvgIpc) is 2.68. The zero-order valence-electron chi connectivity index (χ0n) is 9.49. The Labute approximate surface area is 100 Å². The Morgan fingerprint density at radius 3 is 2.50 bits per heavy atom. The van der Waals surface area contributed by atoms with Crippen molar-refractivity contribution in [3.63, 3.8) is 0 Å². The molecule has 1 N–H and O–H groups in total. The van der Waals surface area contributed by atoms with Crippen LogP contribution in [-0.2, 0) is 6.54 Å². The van der Waals surface area contributed by atoms with Crippen LogP contribution in [0.4, 0.5) is 0 Å². The molecule has 2 nitrogen and oxygen atoms in total. The number of hydrogen-bond acceptors (Lipinski definition) is 3. The van der Waals surface area contributed by atoms with Crippen molar-refractivity contribution in [1.82, 2.24) is 5.32 Å². The van der Waals surface area contributed by atoms with E-state index in [2.05, 4.69) is 29.6 Å². The summed E-state index contributed by atoms with van der Waals surface area (Å²) in [6.45, 7) is 2.90. The van der Waals surface area contributed by atoms with Gasteiger partial charge in [-0.3, -0.25) is 0 Å². The minimum absolute atomic E-state index is 0.912. The first kappa shape index (κ1) is 11.3. The van der Waals surface area contributed by atoms with Crippen molar-refractivity contribution in [3.8, 4) is 0 Å². The maximum atomic E-state index is 5.27. The zero-order valence-corrected chi connectivity index (χ0v) is 10.3. The van der Waals surface area contributed by atoms with Crippen molar-refractivity contribution in [2.24, 2.45) is 0 Å². The standard InChI is InChI=1S/C13H15NOS/c1-10-13(7-8-15-10)16-12-5-3-11(4-6-12)9-14-2/h3-8,14H,9H2,1-2H3. The first-order valence-electron chi connectivity index (χ1n) is 5.25. The minimum atomic E-state index is 0.912. The van der Waals surface area contributed by atoms with Crippen LogP contribution in [-0.4, -0.2) is 7.05 Å². The summed E-state index contributed by atoms with van der Waals surface area (Å²) >= 11 is 1.73. The summed E-state index contributed by atoms with van der Waals surface area (Å²) in [5, 5.41) is 3.14. The highest BCUT2D eigenvalue weighted by molar-refractivity contribution is 7.99. The highest BCUT2D eigenvalue weighted by Gasteiger charge is 2.03. The first-order chi connectivity index (χ1) is 7.79. The molecule has 3 heteroatoms. The van der Waals surface area contributed by atoms with E-state index in [1.807, 2.05) is 20.0 Å². The van der Waals surface area contributed by atoms with E-state index in [1.165, 1.54) is 15.4 Å². The van der Waals surface area contributed by atoms with Crippen LogP contribution in [0.1, 0.15) is 11.3 Å². The summed E-state index contributed by atoms with van der Waals surface area (Å²) < 4.78 is 5.27. The lowest BCUT2D eigenvalue weighted by Gasteiger charge is -2.02. The highest BCUT2D eigenvalue weighted by atomic mass is 32.2. The zero-order chi connectivity index (χ0) is 11.4. The minimum Gasteiger partial charge on any atom is -0.468 e. The van der Waals surface area contributed by atoms with E-state index < -0.39 is 0 Å². The Hall–Kier alpha value is -1.19. The quantitative estimate of drug-likeness (QED) is 0.875. The molecule has 0 saturated heterocycles. The highest BCUT2D eigenvalue weighted by Crippen LogP contribution is 2.30. The maximum Gasteiger partial charge on any atom is 0.114 e. The SMILES string of the molecule is CNCc1ccc(Sc2ccoc2C)cc1. The van der Waals surface area contributed by atoms with Crippen LogP contribution in [0.3, 0.4) is 0 Å². The van der Waals surface area contributed by atoms with Crippen LogP contribution >= 0.6 is 11.8 Å². The second-order valence-electron chi connectivity index (χ2n) is 3.62. The topological polar surface area (TPSA) is 25.2 Å². The molecular formula is C13H15NOS. The Bertz CT molecular complexity index is 447. The van der Waals surface area contributed by atoms with Gasteiger partial charge in [-0.05, 0) is 37.7 Å². The monoisotopic (exact) mass is 233 g/mol. The first-order valence-corrected chi connectivity index (χ1v) is 6.07. The third kappa shape index (κ3) is 2.68. The van der Waals surface area contributed by atoms with Gasteiger partial charge >= 0.3 is 0 Å². The van der Waals surface area contributed by atoms with Crippen LogP contribution in [0.5, 0.6) is 0 Å². The van der Waals surface area contributed by atoms with Crippen LogP contribution in [0.25, 0.3) is 0 Å². The van der Waals surface area contributed by atoms with Crippen LogP contribution in [0.15, 0.2) is 50.8 Å². The van der Waals surface area contributed by atoms with E-state index in [-0.39, 0.29) is 0 Å². The molecule has 1 aromatic heterocycles. The predicted octanol–water partition coefficient (Wildman–Crippen LogP) is 3.46. The number of rotatable bonds is 4. The summed E-state index contributed by atoms with van der Waals surface area (Å²) in [5.41, 5.74) is 1.30. The van der Waals surface area contributed by atoms with Crippen LogP contribution in [0.2, 0.25) is 0 Å². The normalized spacial score (nSPS) is 10.6. The lowest BCUT2D eigenvalue weighted by Crippen LogP contribution is -2.04. The van der Waals surface area contributed by atoms with Crippen molar-refractivity contribution in [2.45, 2.75) is 23.3 Å². The molecule has 0 saturated carbocycles. The number of aryl methyl sites for hydroxylation is 1. The van der Waals surface area contributed by atoms with Gasteiger partial charge in [-0.25, -0.2) is 0 Å². The van der Waals surface area contributed by atoms with E-state index in [9.17, 15) is 0 Å². The molecule has 0 fully saturated rings. The number of hydrogen-bond donors (Lipinski definition) is 1. The lowest BCUT2D eigenvalue weighted by molar-refractivity contribution is 0.527. The molecule has 0 aliphatic rings. The summed E-state index contributed by atoms with van der Waals surface area (Å²) in [6, 6.07) is 10.6. The van der Waals surface area contributed by atoms with E-state index in [4.69, 9.17) is 4.42 Å². The molecule has 0 radical (unpaired) electrons. The van der Waals surface area contributed by atoms with Gasteiger partial charge in [0.2, 0.25) is 0 Å². The smallest absolute Gasteiger partial charge is 0.114 e. The molecule has 2 aromatic rings. The van der Waals surface area contributed by atoms with Gasteiger partial charge in [0.05, 0.1) is 11.2 Å². The van der Waals surface area contributed by atoms with Gasteiger partial charge in [0, 0.05) is 11.4 Å². The molecule has 0 aliphatic carbocycles. The molecule has 0 aliphatic heterocycles. The van der Waals surface area contributed by atoms with Crippen molar-refractivity contribution in [1.29, 1.82) is 0 Å². The second kappa shape index (κ2) is 5.23. The fourth-order valence-electron chi connectivity index (χ4n) is 1.49. The van der Waals surface area contributed by atoms with Crippen LogP contribution in [0, 0.1) is 6.92 Å². The Kier molecular flexibility index (Phi) is 3.70. The van der Waals surface area contributed by atoms with Crippen LogP contribution < -0.4 is 5.32 Å². The van der Waals surface area contributed by atoms with Gasteiger partial charge < -0.3 is 9.73 Å². The van der Waals surface area contributed by atoms with Gasteiger partial charge in [-0.1, -0.05) is 23.9 Å². The van der Waals surface area contributed by atoms with E-state index in [0.717, 1.165) is 12.3 Å². The molecule has 0 unspecified atom stereocenters. The van der Waals surface area contributed by atoms with Crippen molar-refractivity contribution >= 4 is 11.8 Å². The van der Waals surface area contributed by atoms with E-state index >= 15 is 0 Å². The summed E-state index contributed by atoms with van der Waals surface area (Å²) in [4.78, 5) is 2.42. The Morgan fingerprint density at radius 1 is 1.19 bits per heavy atom. The molecule has 0 amide bonds. The van der Waals surface area contributed by atoms with Gasteiger partial charge in [0.15, 0.2) is 0 Å². The fourth-order valence-corrected chi connectivity index (χ4v) is 2.33. The Balaban J connectivity index is 2.08. The maximum absolute atomic E-state index is 5.27. The lowest BCUT2D eigenvalue weighted by atomic mass is 10.2. The van der Waals surface area contributed by atoms with E-state index in [1.54, 1.807) is 18.0 Å². The fraction of sp³-hybridized carbons (Fsp3) is 0.231. The summed E-state index contributed by atoms with van der Waals surface area (Å²) in [7, 11) is 1.96. The molecule has 0 spiro atoms. The van der Waals surface area contributed by atoms with Crippen molar-refractivity contribution in [3.05, 3.63) is 47.9 Å². The molecular weight excluding hydrogens is 218 g/mol. The number of nitrogens with one attached hydrogen (secondary N) is 1. The third-order valence-electron chi connectivity index (χ3n) is 2.34. The largest absolute Gasteiger partial charge is 0.468 e. The van der Waals surface area contributed by atoms with Gasteiger partial charge in [0.25, 0.3) is 0 Å². The number of furan rings is 1. The molecule has 84 valence electrons. The van der Waals surface area contributed by atoms with Crippen molar-refractivity contribution < 1.29 is 4.42 Å². The van der Waals surface area contributed by atoms with Gasteiger partial charge in [-0.15, -0.1) is 0 Å². The van der Waals surface area contributed by atoms with Gasteiger partial charge in [0.1, 0.15) is 5.76 Å². The summed E-state index contributed by atoms with van der Waals surface area (Å²) in [6.07, 6.45) is 1.73. The number of benzene rings is 1. The molecule has 0 atom stereocenters. The summed E-state index contributed by atoms with van der Waals surface area (Å²) in [5.74, 6) is 0.976. The molecule has 16 heavy (non-hydrogen) atoms. The van der Waals surface area contributed by atoms with Crippen molar-refractivity contribution in [2.75, 3.05) is 7.05 Å². The van der Waals surface area contributed by atoms with E-state index in [0.29, 0.717) is 0 Å². The predicted molar refractivity (Wildman–Crippen MR) is 66.8 cm³/mol. The average molecular weight is 233 g/mol. The Morgan fingerprint density at radius 2 is 1.94 bits per heavy atom. The van der Waals surface area contributed by atoms with Gasteiger partial charge in [-0.2, -0.15) is 0 Å². The third-order valence-corrected chi connectivity index (χ3v) is 3.49. The second-order valence-corrected chi connectivity index (χ2v) is 4.73.